The first kappa shape index (κ1) is 15.3. The second-order valence-electron chi connectivity index (χ2n) is 5.74. The lowest BCUT2D eigenvalue weighted by molar-refractivity contribution is 0.101. The first-order chi connectivity index (χ1) is 9.97. The second-order valence-corrected chi connectivity index (χ2v) is 5.74. The fraction of sp³-hybridized carbons (Fsp3) is 0.316. The number of ether oxygens (including phenoxy) is 1. The van der Waals surface area contributed by atoms with Crippen molar-refractivity contribution >= 4 is 5.78 Å². The summed E-state index contributed by atoms with van der Waals surface area (Å²) in [5.41, 5.74) is 4.13. The highest BCUT2D eigenvalue weighted by Crippen LogP contribution is 2.22. The van der Waals surface area contributed by atoms with Crippen molar-refractivity contribution in [2.75, 3.05) is 0 Å². The number of rotatable bonds is 5. The number of Topliss-reactive ketones (excluding diaryl/α,β-unsaturated/α-hetero) is 1. The number of ketones is 1. The van der Waals surface area contributed by atoms with Crippen LogP contribution >= 0.6 is 0 Å². The third-order valence-electron chi connectivity index (χ3n) is 3.56. The molecule has 2 heteroatoms. The molecular weight excluding hydrogens is 260 g/mol. The third kappa shape index (κ3) is 3.94. The van der Waals surface area contributed by atoms with Crippen molar-refractivity contribution in [1.29, 1.82) is 0 Å². The Bertz CT molecular complexity index is 625. The molecule has 2 aromatic rings. The summed E-state index contributed by atoms with van der Waals surface area (Å²) in [4.78, 5) is 11.7. The Hall–Kier alpha value is -2.09. The molecule has 0 bridgehead atoms. The summed E-state index contributed by atoms with van der Waals surface area (Å²) in [6.07, 6.45) is 0. The molecule has 0 heterocycles. The van der Waals surface area contributed by atoms with Crippen LogP contribution in [0.5, 0.6) is 5.75 Å². The van der Waals surface area contributed by atoms with Crippen molar-refractivity contribution in [1.82, 2.24) is 0 Å². The maximum Gasteiger partial charge on any atom is 0.163 e. The van der Waals surface area contributed by atoms with Gasteiger partial charge in [0.05, 0.1) is 5.56 Å². The number of carbonyl (C=O) groups excluding carboxylic acids is 1. The molecule has 0 radical (unpaired) electrons. The van der Waals surface area contributed by atoms with Crippen LogP contribution in [-0.4, -0.2) is 5.78 Å². The third-order valence-corrected chi connectivity index (χ3v) is 3.56. The molecular formula is C19H22O2. The van der Waals surface area contributed by atoms with Gasteiger partial charge in [-0.15, -0.1) is 0 Å². The van der Waals surface area contributed by atoms with Gasteiger partial charge < -0.3 is 4.74 Å². The molecule has 2 nitrogen and oxygen atoms in total. The monoisotopic (exact) mass is 282 g/mol. The van der Waals surface area contributed by atoms with Crippen molar-refractivity contribution < 1.29 is 9.53 Å². The van der Waals surface area contributed by atoms with E-state index in [1.807, 2.05) is 25.1 Å². The lowest BCUT2D eigenvalue weighted by Crippen LogP contribution is -2.02. The molecule has 0 unspecified atom stereocenters. The first-order valence-electron chi connectivity index (χ1n) is 7.30. The molecule has 0 aliphatic rings. The summed E-state index contributed by atoms with van der Waals surface area (Å²) in [6, 6.07) is 14.1. The maximum absolute atomic E-state index is 11.7. The lowest BCUT2D eigenvalue weighted by atomic mass is 10.0. The van der Waals surface area contributed by atoms with E-state index in [1.165, 1.54) is 5.56 Å². The fourth-order valence-electron chi connectivity index (χ4n) is 2.20. The summed E-state index contributed by atoms with van der Waals surface area (Å²) in [5, 5.41) is 0. The van der Waals surface area contributed by atoms with Gasteiger partial charge in [0.15, 0.2) is 5.78 Å². The molecule has 0 N–H and O–H groups in total. The van der Waals surface area contributed by atoms with Crippen LogP contribution in [0.25, 0.3) is 0 Å². The van der Waals surface area contributed by atoms with Crippen molar-refractivity contribution in [3.8, 4) is 5.75 Å². The highest BCUT2D eigenvalue weighted by Gasteiger charge is 2.09. The van der Waals surface area contributed by atoms with Crippen LogP contribution in [0.3, 0.4) is 0 Å². The quantitative estimate of drug-likeness (QED) is 0.729. The highest BCUT2D eigenvalue weighted by atomic mass is 16.5. The molecule has 21 heavy (non-hydrogen) atoms. The molecule has 0 atom stereocenters. The Balaban J connectivity index is 2.11. The van der Waals surface area contributed by atoms with Crippen LogP contribution in [0, 0.1) is 6.92 Å². The Labute approximate surface area is 126 Å². The average molecular weight is 282 g/mol. The van der Waals surface area contributed by atoms with E-state index in [0.717, 1.165) is 11.1 Å². The van der Waals surface area contributed by atoms with Gasteiger partial charge in [-0.3, -0.25) is 4.79 Å². The minimum absolute atomic E-state index is 0.0313. The van der Waals surface area contributed by atoms with Gasteiger partial charge in [-0.1, -0.05) is 49.7 Å². The molecule has 0 saturated heterocycles. The molecule has 0 saturated carbocycles. The molecule has 0 aliphatic carbocycles. The van der Waals surface area contributed by atoms with Crippen LogP contribution in [0.4, 0.5) is 0 Å². The predicted molar refractivity (Wildman–Crippen MR) is 86.0 cm³/mol. The Morgan fingerprint density at radius 3 is 2.33 bits per heavy atom. The van der Waals surface area contributed by atoms with Crippen LogP contribution in [-0.2, 0) is 6.61 Å². The van der Waals surface area contributed by atoms with Gasteiger partial charge >= 0.3 is 0 Å². The topological polar surface area (TPSA) is 26.3 Å². The van der Waals surface area contributed by atoms with Crippen molar-refractivity contribution in [3.63, 3.8) is 0 Å². The van der Waals surface area contributed by atoms with E-state index in [9.17, 15) is 4.79 Å². The number of hydrogen-bond acceptors (Lipinski definition) is 2. The minimum Gasteiger partial charge on any atom is -0.488 e. The maximum atomic E-state index is 11.7. The number of hydrogen-bond donors (Lipinski definition) is 0. The largest absolute Gasteiger partial charge is 0.488 e. The molecule has 2 rings (SSSR count). The van der Waals surface area contributed by atoms with E-state index in [-0.39, 0.29) is 5.78 Å². The van der Waals surface area contributed by atoms with Crippen LogP contribution < -0.4 is 4.74 Å². The molecule has 0 aromatic heterocycles. The summed E-state index contributed by atoms with van der Waals surface area (Å²) < 4.78 is 5.82. The van der Waals surface area contributed by atoms with Gasteiger partial charge in [0.2, 0.25) is 0 Å². The van der Waals surface area contributed by atoms with E-state index in [1.54, 1.807) is 6.92 Å². The lowest BCUT2D eigenvalue weighted by Gasteiger charge is -2.11. The number of carbonyl (C=O) groups is 1. The molecule has 2 aromatic carbocycles. The van der Waals surface area contributed by atoms with E-state index in [0.29, 0.717) is 23.8 Å². The fourth-order valence-corrected chi connectivity index (χ4v) is 2.20. The Morgan fingerprint density at radius 2 is 1.76 bits per heavy atom. The zero-order valence-corrected chi connectivity index (χ0v) is 13.1. The highest BCUT2D eigenvalue weighted by molar-refractivity contribution is 5.97. The molecule has 0 amide bonds. The minimum atomic E-state index is 0.0313. The molecule has 0 fully saturated rings. The summed E-state index contributed by atoms with van der Waals surface area (Å²) >= 11 is 0. The van der Waals surface area contributed by atoms with Crippen molar-refractivity contribution in [2.24, 2.45) is 0 Å². The van der Waals surface area contributed by atoms with Gasteiger partial charge in [0.25, 0.3) is 0 Å². The van der Waals surface area contributed by atoms with E-state index >= 15 is 0 Å². The van der Waals surface area contributed by atoms with E-state index in [4.69, 9.17) is 4.74 Å². The number of aryl methyl sites for hydroxylation is 1. The van der Waals surface area contributed by atoms with Gasteiger partial charge in [-0.25, -0.2) is 0 Å². The molecule has 110 valence electrons. The van der Waals surface area contributed by atoms with Crippen molar-refractivity contribution in [2.45, 2.75) is 40.2 Å². The standard InChI is InChI=1S/C19H22O2/c1-13(2)17-8-6-16(7-9-17)12-21-19-10-5-14(3)11-18(19)15(4)20/h5-11,13H,12H2,1-4H3. The van der Waals surface area contributed by atoms with Gasteiger partial charge in [0, 0.05) is 0 Å². The van der Waals surface area contributed by atoms with E-state index < -0.39 is 0 Å². The van der Waals surface area contributed by atoms with Gasteiger partial charge in [-0.2, -0.15) is 0 Å². The SMILES string of the molecule is CC(=O)c1cc(C)ccc1OCc1ccc(C(C)C)cc1. The van der Waals surface area contributed by atoms with Crippen molar-refractivity contribution in [3.05, 3.63) is 64.7 Å². The summed E-state index contributed by atoms with van der Waals surface area (Å²) in [5.74, 6) is 1.21. The normalized spacial score (nSPS) is 10.7. The second kappa shape index (κ2) is 6.57. The predicted octanol–water partition coefficient (Wildman–Crippen LogP) is 4.90. The number of benzene rings is 2. The summed E-state index contributed by atoms with van der Waals surface area (Å²) in [7, 11) is 0. The summed E-state index contributed by atoms with van der Waals surface area (Å²) in [6.45, 7) is 8.37. The first-order valence-corrected chi connectivity index (χ1v) is 7.30. The van der Waals surface area contributed by atoms with Crippen LogP contribution in [0.1, 0.15) is 53.7 Å². The average Bonchev–Trinajstić information content (AvgIpc) is 2.46. The molecule has 0 spiro atoms. The van der Waals surface area contributed by atoms with Crippen LogP contribution in [0.2, 0.25) is 0 Å². The van der Waals surface area contributed by atoms with Gasteiger partial charge in [-0.05, 0) is 43.0 Å². The van der Waals surface area contributed by atoms with Gasteiger partial charge in [0.1, 0.15) is 12.4 Å². The molecule has 0 aliphatic heterocycles. The smallest absolute Gasteiger partial charge is 0.163 e. The zero-order chi connectivity index (χ0) is 15.4. The Morgan fingerprint density at radius 1 is 1.10 bits per heavy atom. The Kier molecular flexibility index (Phi) is 4.79. The van der Waals surface area contributed by atoms with Crippen LogP contribution in [0.15, 0.2) is 42.5 Å². The zero-order valence-electron chi connectivity index (χ0n) is 13.1. The van der Waals surface area contributed by atoms with E-state index in [2.05, 4.69) is 38.1 Å².